The van der Waals surface area contributed by atoms with Gasteiger partial charge in [-0.2, -0.15) is 22.0 Å². The average Bonchev–Trinajstić information content (AvgIpc) is 1.83. The second kappa shape index (κ2) is 3.69. The van der Waals surface area contributed by atoms with Crippen molar-refractivity contribution in [3.8, 4) is 0 Å². The van der Waals surface area contributed by atoms with Crippen molar-refractivity contribution < 1.29 is 35.5 Å². The van der Waals surface area contributed by atoms with E-state index < -0.39 is 24.6 Å². The van der Waals surface area contributed by atoms with Crippen molar-refractivity contribution in [1.29, 1.82) is 0 Å². The van der Waals surface area contributed by atoms with Crippen LogP contribution in [0.2, 0.25) is 0 Å². The van der Waals surface area contributed by atoms with E-state index in [1.54, 1.807) is 0 Å². The smallest absolute Gasteiger partial charge is 0.366 e. The minimum absolute atomic E-state index is 0.286. The largest absolute Gasteiger partial charge is 0.420 e. The highest BCUT2D eigenvalue weighted by Crippen LogP contribution is 2.37. The van der Waals surface area contributed by atoms with Crippen LogP contribution in [0, 0.1) is 0 Å². The van der Waals surface area contributed by atoms with Crippen LogP contribution in [-0.4, -0.2) is 31.7 Å². The first-order chi connectivity index (χ1) is 5.64. The van der Waals surface area contributed by atoms with Crippen molar-refractivity contribution in [2.75, 3.05) is 7.11 Å². The lowest BCUT2D eigenvalue weighted by Crippen LogP contribution is -2.50. The lowest BCUT2D eigenvalue weighted by molar-refractivity contribution is -0.303. The van der Waals surface area contributed by atoms with E-state index in [-0.39, 0.29) is 7.11 Å². The molecule has 0 aliphatic carbocycles. The third-order valence-corrected chi connectivity index (χ3v) is 1.17. The van der Waals surface area contributed by atoms with Gasteiger partial charge in [-0.1, -0.05) is 0 Å². The minimum atomic E-state index is -5.52. The number of rotatable bonds is 3. The van der Waals surface area contributed by atoms with Gasteiger partial charge in [0.15, 0.2) is 0 Å². The molecule has 80 valence electrons. The highest BCUT2D eigenvalue weighted by Gasteiger charge is 2.61. The molecule has 13 heavy (non-hydrogen) atoms. The number of hydrogen-bond acceptors (Lipinski definition) is 1. The Morgan fingerprint density at radius 1 is 1.00 bits per heavy atom. The molecule has 0 N–H and O–H groups in total. The molecule has 0 aliphatic heterocycles. The summed E-state index contributed by atoms with van der Waals surface area (Å²) < 4.78 is 85.3. The van der Waals surface area contributed by atoms with Gasteiger partial charge in [-0.3, -0.25) is 0 Å². The molecule has 0 radical (unpaired) electrons. The van der Waals surface area contributed by atoms with Crippen LogP contribution in [0.4, 0.5) is 30.7 Å². The van der Waals surface area contributed by atoms with E-state index >= 15 is 0 Å². The summed E-state index contributed by atoms with van der Waals surface area (Å²) in [5, 5.41) is 0. The minimum Gasteiger partial charge on any atom is -0.366 e. The van der Waals surface area contributed by atoms with Crippen molar-refractivity contribution in [2.24, 2.45) is 0 Å². The number of halogens is 7. The zero-order valence-corrected chi connectivity index (χ0v) is 6.21. The van der Waals surface area contributed by atoms with E-state index in [2.05, 4.69) is 4.74 Å². The van der Waals surface area contributed by atoms with Gasteiger partial charge in [0, 0.05) is 7.11 Å². The highest BCUT2D eigenvalue weighted by molar-refractivity contribution is 4.85. The molecular formula is C5H5F7O. The average molecular weight is 214 g/mol. The van der Waals surface area contributed by atoms with Crippen molar-refractivity contribution in [3.05, 3.63) is 0 Å². The summed E-state index contributed by atoms with van der Waals surface area (Å²) in [5.41, 5.74) is 0. The zero-order chi connectivity index (χ0) is 10.9. The van der Waals surface area contributed by atoms with E-state index in [9.17, 15) is 30.7 Å². The summed E-state index contributed by atoms with van der Waals surface area (Å²) in [7, 11) is 0.286. The van der Waals surface area contributed by atoms with Crippen molar-refractivity contribution >= 4 is 0 Å². The van der Waals surface area contributed by atoms with Crippen LogP contribution in [0.3, 0.4) is 0 Å². The molecule has 0 aromatic heterocycles. The molecule has 0 aromatic rings. The normalized spacial score (nSPS) is 16.4. The molecule has 0 bridgehead atoms. The van der Waals surface area contributed by atoms with Gasteiger partial charge in [-0.05, 0) is 0 Å². The fourth-order valence-corrected chi connectivity index (χ4v) is 0.623. The third-order valence-electron chi connectivity index (χ3n) is 1.17. The molecule has 0 spiro atoms. The van der Waals surface area contributed by atoms with Crippen LogP contribution in [0.1, 0.15) is 0 Å². The molecule has 1 unspecified atom stereocenters. The van der Waals surface area contributed by atoms with E-state index in [1.807, 2.05) is 0 Å². The van der Waals surface area contributed by atoms with Crippen LogP contribution < -0.4 is 0 Å². The lowest BCUT2D eigenvalue weighted by Gasteiger charge is -2.26. The van der Waals surface area contributed by atoms with E-state index in [1.165, 1.54) is 0 Å². The first-order valence-electron chi connectivity index (χ1n) is 2.89. The Kier molecular flexibility index (Phi) is 3.54. The molecule has 0 amide bonds. The first kappa shape index (κ1) is 12.5. The molecule has 1 nitrogen and oxygen atoms in total. The molecule has 1 atom stereocenters. The fourth-order valence-electron chi connectivity index (χ4n) is 0.623. The predicted molar refractivity (Wildman–Crippen MR) is 27.8 cm³/mol. The van der Waals surface area contributed by atoms with Gasteiger partial charge < -0.3 is 4.74 Å². The molecule has 8 heteroatoms. The highest BCUT2D eigenvalue weighted by atomic mass is 19.4. The predicted octanol–water partition coefficient (Wildman–Crippen LogP) is 2.46. The second-order valence-electron chi connectivity index (χ2n) is 2.13. The number of hydrogen-bond donors (Lipinski definition) is 0. The van der Waals surface area contributed by atoms with Crippen LogP contribution in [-0.2, 0) is 4.74 Å². The standard InChI is InChI=1S/C5H5F7O/c1-13-2(5(10,11)12)4(8,9)3(6)7/h2-3H,1H3. The monoisotopic (exact) mass is 214 g/mol. The molecule has 0 rings (SSSR count). The molecular weight excluding hydrogens is 209 g/mol. The van der Waals surface area contributed by atoms with E-state index in [4.69, 9.17) is 0 Å². The maximum Gasteiger partial charge on any atom is 0.420 e. The van der Waals surface area contributed by atoms with Gasteiger partial charge in [0.25, 0.3) is 0 Å². The topological polar surface area (TPSA) is 9.23 Å². The summed E-state index contributed by atoms with van der Waals surface area (Å²) in [5.74, 6) is -5.23. The molecule has 0 saturated heterocycles. The SMILES string of the molecule is COC(C(F)(F)F)C(F)(F)C(F)F. The molecule has 0 aliphatic rings. The summed E-state index contributed by atoms with van der Waals surface area (Å²) in [6.07, 6.45) is -13.7. The number of alkyl halides is 7. The van der Waals surface area contributed by atoms with Crippen molar-refractivity contribution in [1.82, 2.24) is 0 Å². The van der Waals surface area contributed by atoms with Gasteiger partial charge in [-0.15, -0.1) is 0 Å². The molecule has 0 fully saturated rings. The Labute approximate surface area is 68.5 Å². The summed E-state index contributed by atoms with van der Waals surface area (Å²) in [4.78, 5) is 0. The van der Waals surface area contributed by atoms with Gasteiger partial charge in [0.1, 0.15) is 0 Å². The van der Waals surface area contributed by atoms with Crippen LogP contribution in [0.5, 0.6) is 0 Å². The Balaban J connectivity index is 4.77. The van der Waals surface area contributed by atoms with Crippen molar-refractivity contribution in [2.45, 2.75) is 24.6 Å². The summed E-state index contributed by atoms with van der Waals surface area (Å²) in [6, 6.07) is 0. The maximum absolute atomic E-state index is 12.1. The van der Waals surface area contributed by atoms with Crippen LogP contribution >= 0.6 is 0 Å². The van der Waals surface area contributed by atoms with Crippen LogP contribution in [0.15, 0.2) is 0 Å². The van der Waals surface area contributed by atoms with E-state index in [0.717, 1.165) is 0 Å². The van der Waals surface area contributed by atoms with Crippen molar-refractivity contribution in [3.63, 3.8) is 0 Å². The Morgan fingerprint density at radius 3 is 1.46 bits per heavy atom. The summed E-state index contributed by atoms with van der Waals surface area (Å²) in [6.45, 7) is 0. The first-order valence-corrected chi connectivity index (χ1v) is 2.89. The fraction of sp³-hybridized carbons (Fsp3) is 1.00. The maximum atomic E-state index is 12.1. The van der Waals surface area contributed by atoms with Gasteiger partial charge in [0.2, 0.25) is 6.10 Å². The Morgan fingerprint density at radius 2 is 1.38 bits per heavy atom. The van der Waals surface area contributed by atoms with Crippen LogP contribution in [0.25, 0.3) is 0 Å². The lowest BCUT2D eigenvalue weighted by atomic mass is 10.2. The van der Waals surface area contributed by atoms with Gasteiger partial charge >= 0.3 is 18.5 Å². The quantitative estimate of drug-likeness (QED) is 0.655. The summed E-state index contributed by atoms with van der Waals surface area (Å²) >= 11 is 0. The zero-order valence-electron chi connectivity index (χ0n) is 6.21. The number of ether oxygens (including phenoxy) is 1. The molecule has 0 saturated carbocycles. The Bertz CT molecular complexity index is 163. The molecule has 0 aromatic carbocycles. The number of methoxy groups -OCH3 is 1. The van der Waals surface area contributed by atoms with Gasteiger partial charge in [-0.25, -0.2) is 8.78 Å². The van der Waals surface area contributed by atoms with E-state index in [0.29, 0.717) is 0 Å². The third kappa shape index (κ3) is 2.71. The second-order valence-corrected chi connectivity index (χ2v) is 2.13. The van der Waals surface area contributed by atoms with Gasteiger partial charge in [0.05, 0.1) is 0 Å². The molecule has 0 heterocycles. The Hall–Kier alpha value is -0.530.